The van der Waals surface area contributed by atoms with Crippen LogP contribution in [0, 0.1) is 0 Å². The van der Waals surface area contributed by atoms with Crippen molar-refractivity contribution in [2.45, 2.75) is 135 Å². The lowest BCUT2D eigenvalue weighted by Gasteiger charge is -2.21. The van der Waals surface area contributed by atoms with Gasteiger partial charge in [-0.1, -0.05) is 120 Å². The molecule has 0 aliphatic heterocycles. The number of hydrogen-bond donors (Lipinski definition) is 3. The molecule has 2 unspecified atom stereocenters. The maximum Gasteiger partial charge on any atom is 0.267 e. The maximum atomic E-state index is 12.4. The summed E-state index contributed by atoms with van der Waals surface area (Å²) in [5, 5.41) is 13.0. The standard InChI is InChI=1S/C33H57NO5S/c1-3-5-7-9-11-13-15-16-17-18-19-21-23-25-27-29-33(36)34-31(30-40(37,38)39)32(35)28-26-24-22-20-14-12-10-8-6-4-2/h5,7,11,13,16-17,19,21,26,28,31-32,35H,3-4,6,8-10,12,14-15,18,20,22-25,27,29-30H2,1-2H3,(H,34,36)(H,37,38,39)/b7-5-,13-11-,17-16-,21-19-,28-26+. The zero-order valence-corrected chi connectivity index (χ0v) is 26.0. The molecule has 6 nitrogen and oxygen atoms in total. The normalized spacial score (nSPS) is 14.4. The van der Waals surface area contributed by atoms with Gasteiger partial charge < -0.3 is 10.4 Å². The summed E-state index contributed by atoms with van der Waals surface area (Å²) in [6, 6.07) is -1.08. The predicted octanol–water partition coefficient (Wildman–Crippen LogP) is 8.17. The van der Waals surface area contributed by atoms with Gasteiger partial charge in [-0.15, -0.1) is 0 Å². The van der Waals surface area contributed by atoms with Crippen molar-refractivity contribution in [3.63, 3.8) is 0 Å². The Labute approximate surface area is 245 Å². The SMILES string of the molecule is CC/C=C\C/C=C\C/C=C\C/C=C\CCCCC(=O)NC(CS(=O)(=O)O)C(O)/C=C/CCCCCCCCCC. The Balaban J connectivity index is 4.20. The van der Waals surface area contributed by atoms with E-state index in [-0.39, 0.29) is 12.3 Å². The molecule has 0 aromatic heterocycles. The van der Waals surface area contributed by atoms with Crippen LogP contribution in [0.5, 0.6) is 0 Å². The summed E-state index contributed by atoms with van der Waals surface area (Å²) in [6.45, 7) is 4.34. The molecule has 0 fully saturated rings. The molecule has 0 rings (SSSR count). The van der Waals surface area contributed by atoms with Crippen molar-refractivity contribution in [1.82, 2.24) is 5.32 Å². The van der Waals surface area contributed by atoms with Gasteiger partial charge in [-0.25, -0.2) is 0 Å². The van der Waals surface area contributed by atoms with Crippen LogP contribution in [0.25, 0.3) is 0 Å². The molecule has 3 N–H and O–H groups in total. The van der Waals surface area contributed by atoms with Gasteiger partial charge in [0, 0.05) is 6.42 Å². The molecule has 0 aliphatic rings. The van der Waals surface area contributed by atoms with E-state index in [2.05, 4.69) is 67.8 Å². The quantitative estimate of drug-likeness (QED) is 0.0545. The van der Waals surface area contributed by atoms with Crippen LogP contribution in [0.3, 0.4) is 0 Å². The molecule has 1 amide bonds. The summed E-state index contributed by atoms with van der Waals surface area (Å²) in [6.07, 6.45) is 36.3. The summed E-state index contributed by atoms with van der Waals surface area (Å²) in [7, 11) is -4.35. The summed E-state index contributed by atoms with van der Waals surface area (Å²) in [5.41, 5.74) is 0. The van der Waals surface area contributed by atoms with Crippen molar-refractivity contribution in [2.75, 3.05) is 5.75 Å². The number of nitrogens with one attached hydrogen (secondary N) is 1. The molecule has 0 radical (unpaired) electrons. The van der Waals surface area contributed by atoms with E-state index in [9.17, 15) is 22.9 Å². The fraction of sp³-hybridized carbons (Fsp3) is 0.667. The Bertz CT molecular complexity index is 858. The van der Waals surface area contributed by atoms with Gasteiger partial charge in [-0.3, -0.25) is 9.35 Å². The first kappa shape index (κ1) is 38.0. The molecule has 0 saturated carbocycles. The van der Waals surface area contributed by atoms with Crippen molar-refractivity contribution < 1.29 is 22.9 Å². The van der Waals surface area contributed by atoms with E-state index >= 15 is 0 Å². The molecule has 0 aromatic rings. The number of carbonyl (C=O) groups is 1. The van der Waals surface area contributed by atoms with Crippen LogP contribution in [-0.4, -0.2) is 41.9 Å². The zero-order valence-electron chi connectivity index (χ0n) is 25.2. The molecule has 2 atom stereocenters. The molecule has 0 aromatic carbocycles. The van der Waals surface area contributed by atoms with E-state index in [1.807, 2.05) is 6.08 Å². The van der Waals surface area contributed by atoms with Gasteiger partial charge in [0.1, 0.15) is 0 Å². The number of hydrogen-bond acceptors (Lipinski definition) is 4. The average Bonchev–Trinajstić information content (AvgIpc) is 2.90. The van der Waals surface area contributed by atoms with Crippen molar-refractivity contribution >= 4 is 16.0 Å². The lowest BCUT2D eigenvalue weighted by molar-refractivity contribution is -0.122. The fourth-order valence-electron chi connectivity index (χ4n) is 4.14. The predicted molar refractivity (Wildman–Crippen MR) is 170 cm³/mol. The molecule has 230 valence electrons. The molecule has 7 heteroatoms. The summed E-state index contributed by atoms with van der Waals surface area (Å²) in [5.74, 6) is -1.04. The highest BCUT2D eigenvalue weighted by Crippen LogP contribution is 2.11. The summed E-state index contributed by atoms with van der Waals surface area (Å²) in [4.78, 5) is 12.4. The average molecular weight is 580 g/mol. The maximum absolute atomic E-state index is 12.4. The lowest BCUT2D eigenvalue weighted by atomic mass is 10.1. The fourth-order valence-corrected chi connectivity index (χ4v) is 4.88. The minimum atomic E-state index is -4.35. The number of amides is 1. The number of aliphatic hydroxyl groups excluding tert-OH is 1. The van der Waals surface area contributed by atoms with E-state index < -0.39 is 28.0 Å². The van der Waals surface area contributed by atoms with Crippen LogP contribution in [0.15, 0.2) is 60.8 Å². The molecule has 0 aliphatic carbocycles. The highest BCUT2D eigenvalue weighted by molar-refractivity contribution is 7.85. The Hall–Kier alpha value is -1.96. The summed E-state index contributed by atoms with van der Waals surface area (Å²) < 4.78 is 32.1. The Morgan fingerprint density at radius 2 is 1.20 bits per heavy atom. The van der Waals surface area contributed by atoms with Crippen molar-refractivity contribution in [3.05, 3.63) is 60.8 Å². The third kappa shape index (κ3) is 27.6. The first-order valence-corrected chi connectivity index (χ1v) is 17.1. The van der Waals surface area contributed by atoms with Crippen LogP contribution in [0.4, 0.5) is 0 Å². The van der Waals surface area contributed by atoms with Crippen molar-refractivity contribution in [1.29, 1.82) is 0 Å². The largest absolute Gasteiger partial charge is 0.387 e. The highest BCUT2D eigenvalue weighted by atomic mass is 32.2. The second-order valence-corrected chi connectivity index (χ2v) is 11.8. The number of carbonyl (C=O) groups excluding carboxylic acids is 1. The smallest absolute Gasteiger partial charge is 0.267 e. The minimum Gasteiger partial charge on any atom is -0.387 e. The van der Waals surface area contributed by atoms with Crippen LogP contribution in [-0.2, 0) is 14.9 Å². The second-order valence-electron chi connectivity index (χ2n) is 10.4. The van der Waals surface area contributed by atoms with Gasteiger partial charge in [0.25, 0.3) is 10.1 Å². The topological polar surface area (TPSA) is 104 Å². The van der Waals surface area contributed by atoms with Gasteiger partial charge >= 0.3 is 0 Å². The van der Waals surface area contributed by atoms with Gasteiger partial charge in [0.05, 0.1) is 17.9 Å². The van der Waals surface area contributed by atoms with E-state index in [1.165, 1.54) is 44.6 Å². The van der Waals surface area contributed by atoms with Crippen molar-refractivity contribution in [2.24, 2.45) is 0 Å². The second kappa shape index (κ2) is 27.2. The zero-order chi connectivity index (χ0) is 29.7. The number of rotatable bonds is 26. The van der Waals surface area contributed by atoms with Crippen LogP contribution >= 0.6 is 0 Å². The number of unbranched alkanes of at least 4 members (excludes halogenated alkanes) is 10. The monoisotopic (exact) mass is 579 g/mol. The molecular formula is C33H57NO5S. The van der Waals surface area contributed by atoms with E-state index in [1.54, 1.807) is 0 Å². The Morgan fingerprint density at radius 3 is 1.77 bits per heavy atom. The van der Waals surface area contributed by atoms with Crippen LogP contribution in [0.2, 0.25) is 0 Å². The Morgan fingerprint density at radius 1 is 0.700 bits per heavy atom. The molecule has 40 heavy (non-hydrogen) atoms. The van der Waals surface area contributed by atoms with Gasteiger partial charge in [0.2, 0.25) is 5.91 Å². The third-order valence-electron chi connectivity index (χ3n) is 6.45. The van der Waals surface area contributed by atoms with Gasteiger partial charge in [-0.05, 0) is 57.8 Å². The number of aliphatic hydroxyl groups is 1. The van der Waals surface area contributed by atoms with Crippen LogP contribution < -0.4 is 5.32 Å². The third-order valence-corrected chi connectivity index (χ3v) is 7.23. The molecule has 0 saturated heterocycles. The van der Waals surface area contributed by atoms with Crippen LogP contribution in [0.1, 0.15) is 123 Å². The van der Waals surface area contributed by atoms with E-state index in [0.717, 1.165) is 57.8 Å². The Kier molecular flexibility index (Phi) is 25.9. The van der Waals surface area contributed by atoms with Crippen molar-refractivity contribution in [3.8, 4) is 0 Å². The van der Waals surface area contributed by atoms with E-state index in [0.29, 0.717) is 6.42 Å². The molecule has 0 spiro atoms. The first-order chi connectivity index (χ1) is 19.3. The minimum absolute atomic E-state index is 0.240. The number of allylic oxidation sites excluding steroid dienone is 9. The van der Waals surface area contributed by atoms with Gasteiger partial charge in [-0.2, -0.15) is 8.42 Å². The van der Waals surface area contributed by atoms with Gasteiger partial charge in [0.15, 0.2) is 0 Å². The summed E-state index contributed by atoms with van der Waals surface area (Å²) >= 11 is 0. The lowest BCUT2D eigenvalue weighted by Crippen LogP contribution is -2.46. The molecular weight excluding hydrogens is 522 g/mol. The molecule has 0 heterocycles. The molecule has 0 bridgehead atoms. The highest BCUT2D eigenvalue weighted by Gasteiger charge is 2.24. The first-order valence-electron chi connectivity index (χ1n) is 15.5. The van der Waals surface area contributed by atoms with E-state index in [4.69, 9.17) is 0 Å².